The number of carbonyl (C=O) groups is 1. The lowest BCUT2D eigenvalue weighted by atomic mass is 10.0. The molecule has 0 fully saturated rings. The largest absolute Gasteiger partial charge is 0.458 e. The predicted octanol–water partition coefficient (Wildman–Crippen LogP) is 5.18. The first-order valence-electron chi connectivity index (χ1n) is 8.26. The first-order valence-corrected chi connectivity index (χ1v) is 8.26. The van der Waals surface area contributed by atoms with E-state index < -0.39 is 0 Å². The van der Waals surface area contributed by atoms with Gasteiger partial charge in [-0.15, -0.1) is 0 Å². The van der Waals surface area contributed by atoms with E-state index in [0.717, 1.165) is 17.5 Å². The highest BCUT2D eigenvalue weighted by atomic mass is 16.5. The Balaban J connectivity index is 1.90. The van der Waals surface area contributed by atoms with Gasteiger partial charge < -0.3 is 4.74 Å². The fourth-order valence-corrected chi connectivity index (χ4v) is 2.42. The lowest BCUT2D eigenvalue weighted by Crippen LogP contribution is -2.00. The molecule has 0 aliphatic rings. The Morgan fingerprint density at radius 2 is 1.74 bits per heavy atom. The van der Waals surface area contributed by atoms with Gasteiger partial charge in [0.25, 0.3) is 0 Å². The van der Waals surface area contributed by atoms with E-state index in [2.05, 4.69) is 13.0 Å². The number of unbranched alkanes of at least 4 members (excludes halogenated alkanes) is 2. The molecule has 0 aliphatic carbocycles. The average Bonchev–Trinajstić information content (AvgIpc) is 2.60. The Hall–Kier alpha value is -2.35. The zero-order valence-electron chi connectivity index (χ0n) is 13.7. The van der Waals surface area contributed by atoms with Crippen molar-refractivity contribution >= 4 is 12.0 Å². The van der Waals surface area contributed by atoms with Crippen molar-refractivity contribution in [1.82, 2.24) is 0 Å². The Morgan fingerprint density at radius 3 is 2.52 bits per heavy atom. The summed E-state index contributed by atoms with van der Waals surface area (Å²) in [6.45, 7) is 2.51. The highest BCUT2D eigenvalue weighted by molar-refractivity contribution is 5.87. The second kappa shape index (κ2) is 9.62. The van der Waals surface area contributed by atoms with Crippen LogP contribution in [0.5, 0.6) is 0 Å². The van der Waals surface area contributed by atoms with Crippen LogP contribution < -0.4 is 0 Å². The number of ether oxygens (including phenoxy) is 1. The number of rotatable bonds is 8. The number of esters is 1. The van der Waals surface area contributed by atoms with Crippen LogP contribution in [0, 0.1) is 0 Å². The summed E-state index contributed by atoms with van der Waals surface area (Å²) >= 11 is 0. The number of aryl methyl sites for hydroxylation is 1. The number of hydrogen-bond acceptors (Lipinski definition) is 2. The van der Waals surface area contributed by atoms with Crippen LogP contribution in [0.25, 0.3) is 6.08 Å². The highest BCUT2D eigenvalue weighted by Gasteiger charge is 2.01. The van der Waals surface area contributed by atoms with Crippen molar-refractivity contribution in [3.63, 3.8) is 0 Å². The Morgan fingerprint density at radius 1 is 1.00 bits per heavy atom. The molecule has 2 heteroatoms. The van der Waals surface area contributed by atoms with Gasteiger partial charge in [0.15, 0.2) is 0 Å². The molecule has 0 aromatic heterocycles. The molecule has 0 spiro atoms. The molecular weight excluding hydrogens is 284 g/mol. The highest BCUT2D eigenvalue weighted by Crippen LogP contribution is 2.14. The summed E-state index contributed by atoms with van der Waals surface area (Å²) in [6, 6.07) is 17.9. The van der Waals surface area contributed by atoms with Crippen molar-refractivity contribution < 1.29 is 9.53 Å². The molecule has 0 amide bonds. The maximum Gasteiger partial charge on any atom is 0.331 e. The van der Waals surface area contributed by atoms with Crippen LogP contribution in [-0.2, 0) is 22.6 Å². The van der Waals surface area contributed by atoms with Crippen molar-refractivity contribution in [2.45, 2.75) is 39.2 Å². The van der Waals surface area contributed by atoms with Crippen molar-refractivity contribution in [1.29, 1.82) is 0 Å². The van der Waals surface area contributed by atoms with Crippen molar-refractivity contribution in [2.75, 3.05) is 0 Å². The van der Waals surface area contributed by atoms with E-state index in [1.165, 1.54) is 30.9 Å². The monoisotopic (exact) mass is 308 g/mol. The molecule has 2 rings (SSSR count). The average molecular weight is 308 g/mol. The molecule has 2 aromatic rings. The summed E-state index contributed by atoms with van der Waals surface area (Å²) in [5, 5.41) is 0. The number of benzene rings is 2. The van der Waals surface area contributed by atoms with Crippen LogP contribution in [0.1, 0.15) is 42.9 Å². The Kier molecular flexibility index (Phi) is 7.12. The van der Waals surface area contributed by atoms with Gasteiger partial charge in [0.05, 0.1) is 0 Å². The van der Waals surface area contributed by atoms with Crippen LogP contribution in [0.15, 0.2) is 60.7 Å². The second-order valence-electron chi connectivity index (χ2n) is 5.58. The first-order chi connectivity index (χ1) is 11.3. The molecule has 2 aromatic carbocycles. The zero-order valence-corrected chi connectivity index (χ0v) is 13.7. The lowest BCUT2D eigenvalue weighted by Gasteiger charge is -2.05. The van der Waals surface area contributed by atoms with Crippen molar-refractivity contribution in [3.05, 3.63) is 77.4 Å². The minimum Gasteiger partial charge on any atom is -0.458 e. The van der Waals surface area contributed by atoms with E-state index in [0.29, 0.717) is 6.61 Å². The topological polar surface area (TPSA) is 26.3 Å². The van der Waals surface area contributed by atoms with Gasteiger partial charge in [-0.05, 0) is 35.6 Å². The van der Waals surface area contributed by atoms with Crippen LogP contribution in [0.3, 0.4) is 0 Å². The molecule has 0 atom stereocenters. The van der Waals surface area contributed by atoms with E-state index in [1.54, 1.807) is 0 Å². The fraction of sp³-hybridized carbons (Fsp3) is 0.286. The van der Waals surface area contributed by atoms with E-state index in [9.17, 15) is 4.79 Å². The molecular formula is C21H24O2. The summed E-state index contributed by atoms with van der Waals surface area (Å²) in [5.74, 6) is -0.308. The standard InChI is InChI=1S/C21H24O2/c1-2-3-5-12-19-13-8-9-14-20(19)15-16-21(22)23-17-18-10-6-4-7-11-18/h4,6-11,13-16H,2-3,5,12,17H2,1H3/b16-15+. The van der Waals surface area contributed by atoms with Crippen LogP contribution in [-0.4, -0.2) is 5.97 Å². The summed E-state index contributed by atoms with van der Waals surface area (Å²) in [6.07, 6.45) is 8.05. The maximum absolute atomic E-state index is 11.9. The molecule has 0 aliphatic heterocycles. The minimum absolute atomic E-state index is 0.308. The molecule has 0 saturated heterocycles. The molecule has 120 valence electrons. The van der Waals surface area contributed by atoms with Crippen LogP contribution in [0.2, 0.25) is 0 Å². The lowest BCUT2D eigenvalue weighted by molar-refractivity contribution is -0.138. The third-order valence-corrected chi connectivity index (χ3v) is 3.73. The third-order valence-electron chi connectivity index (χ3n) is 3.73. The molecule has 0 heterocycles. The van der Waals surface area contributed by atoms with Gasteiger partial charge in [-0.25, -0.2) is 4.79 Å². The van der Waals surface area contributed by atoms with Gasteiger partial charge in [0.2, 0.25) is 0 Å². The van der Waals surface area contributed by atoms with Crippen LogP contribution >= 0.6 is 0 Å². The molecule has 23 heavy (non-hydrogen) atoms. The normalized spacial score (nSPS) is 10.8. The Bertz CT molecular complexity index is 629. The SMILES string of the molecule is CCCCCc1ccccc1/C=C/C(=O)OCc1ccccc1. The van der Waals surface area contributed by atoms with Crippen molar-refractivity contribution in [2.24, 2.45) is 0 Å². The minimum atomic E-state index is -0.308. The van der Waals surface area contributed by atoms with Gasteiger partial charge >= 0.3 is 5.97 Å². The smallest absolute Gasteiger partial charge is 0.331 e. The van der Waals surface area contributed by atoms with Gasteiger partial charge in [-0.3, -0.25) is 0 Å². The molecule has 2 nitrogen and oxygen atoms in total. The molecule has 0 saturated carbocycles. The van der Waals surface area contributed by atoms with Crippen LogP contribution in [0.4, 0.5) is 0 Å². The molecule has 0 radical (unpaired) electrons. The number of carbonyl (C=O) groups excluding carboxylic acids is 1. The predicted molar refractivity (Wildman–Crippen MR) is 94.9 cm³/mol. The van der Waals surface area contributed by atoms with Gasteiger partial charge in [0.1, 0.15) is 6.61 Å². The summed E-state index contributed by atoms with van der Waals surface area (Å²) in [4.78, 5) is 11.9. The van der Waals surface area contributed by atoms with E-state index in [1.807, 2.05) is 54.6 Å². The molecule has 0 N–H and O–H groups in total. The van der Waals surface area contributed by atoms with Crippen molar-refractivity contribution in [3.8, 4) is 0 Å². The summed E-state index contributed by atoms with van der Waals surface area (Å²) < 4.78 is 5.26. The maximum atomic E-state index is 11.9. The third kappa shape index (κ3) is 6.11. The summed E-state index contributed by atoms with van der Waals surface area (Å²) in [5.41, 5.74) is 3.38. The summed E-state index contributed by atoms with van der Waals surface area (Å²) in [7, 11) is 0. The molecule has 0 unspecified atom stereocenters. The fourth-order valence-electron chi connectivity index (χ4n) is 2.42. The second-order valence-corrected chi connectivity index (χ2v) is 5.58. The van der Waals surface area contributed by atoms with Gasteiger partial charge in [-0.2, -0.15) is 0 Å². The zero-order chi connectivity index (χ0) is 16.3. The Labute approximate surface area is 138 Å². The van der Waals surface area contributed by atoms with E-state index >= 15 is 0 Å². The van der Waals surface area contributed by atoms with E-state index in [-0.39, 0.29) is 5.97 Å². The van der Waals surface area contributed by atoms with E-state index in [4.69, 9.17) is 4.74 Å². The molecule has 0 bridgehead atoms. The quantitative estimate of drug-likeness (QED) is 0.382. The number of hydrogen-bond donors (Lipinski definition) is 0. The van der Waals surface area contributed by atoms with Gasteiger partial charge in [-0.1, -0.05) is 74.4 Å². The first kappa shape index (κ1) is 17.0. The van der Waals surface area contributed by atoms with Gasteiger partial charge in [0, 0.05) is 6.08 Å².